The summed E-state index contributed by atoms with van der Waals surface area (Å²) < 4.78 is 0. The van der Waals surface area contributed by atoms with E-state index < -0.39 is 5.66 Å². The number of halogens is 1. The zero-order chi connectivity index (χ0) is 18.7. The Hall–Kier alpha value is -2.28. The molecule has 1 fully saturated rings. The molecule has 0 unspecified atom stereocenters. The fraction of sp³-hybridized carbons (Fsp3) is 0.500. The van der Waals surface area contributed by atoms with E-state index in [0.717, 1.165) is 38.5 Å². The summed E-state index contributed by atoms with van der Waals surface area (Å²) in [6.45, 7) is 2.63. The third-order valence-corrected chi connectivity index (χ3v) is 5.16. The van der Waals surface area contributed by atoms with Crippen LogP contribution in [0.1, 0.15) is 55.8 Å². The number of aliphatic imine (C=N–C) groups is 2. The second-order valence-electron chi connectivity index (χ2n) is 6.74. The average molecular weight is 377 g/mol. The van der Waals surface area contributed by atoms with E-state index in [2.05, 4.69) is 15.3 Å². The third kappa shape index (κ3) is 3.49. The molecule has 1 aromatic carbocycles. The van der Waals surface area contributed by atoms with Crippen LogP contribution in [0.5, 0.6) is 0 Å². The smallest absolute Gasteiger partial charge is 0.251 e. The molecule has 1 saturated carbocycles. The lowest BCUT2D eigenvalue weighted by molar-refractivity contribution is 0.0953. The number of amides is 1. The molecule has 1 heterocycles. The van der Waals surface area contributed by atoms with Crippen molar-refractivity contribution in [2.75, 3.05) is 11.4 Å². The van der Waals surface area contributed by atoms with Crippen LogP contribution in [0.4, 0.5) is 5.69 Å². The standard InChI is InChI=1S/C18H25ClN6O/c1-2-10-22-15(26)12-6-7-13(19)14(11-12)25-17(21)23-16(20)24-18(25)8-4-3-5-9-18/h6-7,11H,2-5,8-10H2,1H3,(H,22,26)(H4,20,21,23,24). The number of rotatable bonds is 4. The number of nitrogens with one attached hydrogen (secondary N) is 1. The summed E-state index contributed by atoms with van der Waals surface area (Å²) in [5.74, 6) is 0.305. The summed E-state index contributed by atoms with van der Waals surface area (Å²) in [4.78, 5) is 23.0. The number of anilines is 1. The van der Waals surface area contributed by atoms with Gasteiger partial charge in [-0.2, -0.15) is 4.99 Å². The predicted octanol–water partition coefficient (Wildman–Crippen LogP) is 2.59. The van der Waals surface area contributed by atoms with E-state index in [1.165, 1.54) is 0 Å². The van der Waals surface area contributed by atoms with Crippen molar-refractivity contribution in [3.05, 3.63) is 28.8 Å². The van der Waals surface area contributed by atoms with Crippen molar-refractivity contribution in [2.45, 2.75) is 51.1 Å². The quantitative estimate of drug-likeness (QED) is 0.750. The highest BCUT2D eigenvalue weighted by Gasteiger charge is 2.43. The number of nitrogens with zero attached hydrogens (tertiary/aromatic N) is 3. The Morgan fingerprint density at radius 3 is 2.73 bits per heavy atom. The average Bonchev–Trinajstić information content (AvgIpc) is 2.61. The lowest BCUT2D eigenvalue weighted by atomic mass is 9.87. The first-order valence-corrected chi connectivity index (χ1v) is 9.42. The molecule has 140 valence electrons. The Morgan fingerprint density at radius 1 is 1.31 bits per heavy atom. The molecule has 1 amide bonds. The van der Waals surface area contributed by atoms with Gasteiger partial charge >= 0.3 is 0 Å². The Balaban J connectivity index is 2.02. The summed E-state index contributed by atoms with van der Waals surface area (Å²) in [5.41, 5.74) is 12.7. The van der Waals surface area contributed by atoms with E-state index >= 15 is 0 Å². The zero-order valence-electron chi connectivity index (χ0n) is 15.0. The number of benzene rings is 1. The number of carbonyl (C=O) groups excluding carboxylic acids is 1. The van der Waals surface area contributed by atoms with Gasteiger partial charge in [-0.15, -0.1) is 0 Å². The summed E-state index contributed by atoms with van der Waals surface area (Å²) in [6.07, 6.45) is 5.69. The molecular weight excluding hydrogens is 352 g/mol. The highest BCUT2D eigenvalue weighted by Crippen LogP contribution is 2.41. The van der Waals surface area contributed by atoms with Crippen LogP contribution in [0.25, 0.3) is 0 Å². The van der Waals surface area contributed by atoms with Gasteiger partial charge in [-0.3, -0.25) is 9.69 Å². The van der Waals surface area contributed by atoms with Gasteiger partial charge in [-0.05, 0) is 50.3 Å². The molecule has 5 N–H and O–H groups in total. The van der Waals surface area contributed by atoms with Crippen LogP contribution in [0, 0.1) is 0 Å². The molecule has 1 aromatic rings. The molecule has 8 heteroatoms. The maximum absolute atomic E-state index is 12.4. The molecule has 1 aliphatic heterocycles. The van der Waals surface area contributed by atoms with Gasteiger partial charge in [0.15, 0.2) is 0 Å². The van der Waals surface area contributed by atoms with Crippen LogP contribution in [0.3, 0.4) is 0 Å². The van der Waals surface area contributed by atoms with Gasteiger partial charge in [0.2, 0.25) is 11.9 Å². The number of carbonyl (C=O) groups is 1. The van der Waals surface area contributed by atoms with Crippen LogP contribution in [-0.4, -0.2) is 30.0 Å². The summed E-state index contributed by atoms with van der Waals surface area (Å²) in [7, 11) is 0. The van der Waals surface area contributed by atoms with Gasteiger partial charge in [0.05, 0.1) is 10.7 Å². The van der Waals surface area contributed by atoms with Gasteiger partial charge in [0, 0.05) is 12.1 Å². The second-order valence-corrected chi connectivity index (χ2v) is 7.15. The molecule has 0 aromatic heterocycles. The first-order chi connectivity index (χ1) is 12.5. The van der Waals surface area contributed by atoms with Crippen molar-refractivity contribution in [2.24, 2.45) is 21.5 Å². The van der Waals surface area contributed by atoms with E-state index in [1.807, 2.05) is 11.8 Å². The highest BCUT2D eigenvalue weighted by molar-refractivity contribution is 6.34. The SMILES string of the molecule is CCCNC(=O)c1ccc(Cl)c(N2C(N)=NC(N)=NC23CCCCC3)c1. The van der Waals surface area contributed by atoms with Crippen molar-refractivity contribution < 1.29 is 4.79 Å². The van der Waals surface area contributed by atoms with Crippen molar-refractivity contribution in [1.29, 1.82) is 0 Å². The highest BCUT2D eigenvalue weighted by atomic mass is 35.5. The molecule has 1 spiro atoms. The fourth-order valence-corrected chi connectivity index (χ4v) is 3.84. The number of guanidine groups is 2. The van der Waals surface area contributed by atoms with E-state index in [9.17, 15) is 4.79 Å². The van der Waals surface area contributed by atoms with E-state index in [1.54, 1.807) is 18.2 Å². The molecule has 0 radical (unpaired) electrons. The van der Waals surface area contributed by atoms with Crippen molar-refractivity contribution in [1.82, 2.24) is 5.32 Å². The second kappa shape index (κ2) is 7.53. The summed E-state index contributed by atoms with van der Waals surface area (Å²) >= 11 is 6.48. The first-order valence-electron chi connectivity index (χ1n) is 9.04. The molecule has 7 nitrogen and oxygen atoms in total. The number of hydrogen-bond donors (Lipinski definition) is 3. The normalized spacial score (nSPS) is 19.1. The monoisotopic (exact) mass is 376 g/mol. The first kappa shape index (κ1) is 18.5. The van der Waals surface area contributed by atoms with Gasteiger partial charge < -0.3 is 16.8 Å². The predicted molar refractivity (Wildman–Crippen MR) is 106 cm³/mol. The molecule has 0 atom stereocenters. The molecule has 0 saturated heterocycles. The molecule has 26 heavy (non-hydrogen) atoms. The lowest BCUT2D eigenvalue weighted by Gasteiger charge is -2.45. The molecule has 1 aliphatic carbocycles. The summed E-state index contributed by atoms with van der Waals surface area (Å²) in [6, 6.07) is 5.17. The largest absolute Gasteiger partial charge is 0.369 e. The molecule has 0 bridgehead atoms. The maximum atomic E-state index is 12.4. The Morgan fingerprint density at radius 2 is 2.04 bits per heavy atom. The van der Waals surface area contributed by atoms with Crippen molar-refractivity contribution in [3.8, 4) is 0 Å². The topological polar surface area (TPSA) is 109 Å². The molecular formula is C18H25ClN6O. The van der Waals surface area contributed by atoms with E-state index in [4.69, 9.17) is 23.1 Å². The Kier molecular flexibility index (Phi) is 5.36. The fourth-order valence-electron chi connectivity index (χ4n) is 3.64. The van der Waals surface area contributed by atoms with Gasteiger partial charge in [-0.25, -0.2) is 4.99 Å². The Bertz CT molecular complexity index is 754. The minimum absolute atomic E-state index is 0.141. The minimum atomic E-state index is -0.587. The lowest BCUT2D eigenvalue weighted by Crippen LogP contribution is -2.58. The minimum Gasteiger partial charge on any atom is -0.369 e. The van der Waals surface area contributed by atoms with Crippen LogP contribution >= 0.6 is 11.6 Å². The molecule has 3 rings (SSSR count). The Labute approximate surface area is 158 Å². The van der Waals surface area contributed by atoms with Crippen molar-refractivity contribution >= 4 is 35.1 Å². The van der Waals surface area contributed by atoms with Crippen LogP contribution in [-0.2, 0) is 0 Å². The van der Waals surface area contributed by atoms with Crippen LogP contribution < -0.4 is 21.7 Å². The zero-order valence-corrected chi connectivity index (χ0v) is 15.7. The van der Waals surface area contributed by atoms with Crippen molar-refractivity contribution in [3.63, 3.8) is 0 Å². The maximum Gasteiger partial charge on any atom is 0.251 e. The van der Waals surface area contributed by atoms with E-state index in [0.29, 0.717) is 22.8 Å². The third-order valence-electron chi connectivity index (χ3n) is 4.84. The van der Waals surface area contributed by atoms with Gasteiger partial charge in [-0.1, -0.05) is 24.9 Å². The van der Waals surface area contributed by atoms with Crippen LogP contribution in [0.2, 0.25) is 5.02 Å². The number of nitrogens with two attached hydrogens (primary N) is 2. The van der Waals surface area contributed by atoms with Crippen LogP contribution in [0.15, 0.2) is 28.2 Å². The van der Waals surface area contributed by atoms with Gasteiger partial charge in [0.25, 0.3) is 5.91 Å². The molecule has 2 aliphatic rings. The van der Waals surface area contributed by atoms with Gasteiger partial charge in [0.1, 0.15) is 5.66 Å². The van der Waals surface area contributed by atoms with E-state index in [-0.39, 0.29) is 17.8 Å². The summed E-state index contributed by atoms with van der Waals surface area (Å²) in [5, 5.41) is 3.37. The number of hydrogen-bond acceptors (Lipinski definition) is 6.